The van der Waals surface area contributed by atoms with E-state index in [2.05, 4.69) is 21.2 Å². The van der Waals surface area contributed by atoms with Crippen molar-refractivity contribution in [3.63, 3.8) is 0 Å². The van der Waals surface area contributed by atoms with Crippen molar-refractivity contribution in [2.45, 2.75) is 4.90 Å². The number of sulfonamides is 1. The highest BCUT2D eigenvalue weighted by Crippen LogP contribution is 2.32. The number of carbonyl (C=O) groups excluding carboxylic acids is 1. The van der Waals surface area contributed by atoms with Crippen LogP contribution in [0, 0.1) is 0 Å². The van der Waals surface area contributed by atoms with Gasteiger partial charge in [0.25, 0.3) is 15.9 Å². The number of carbonyl (C=O) groups is 1. The van der Waals surface area contributed by atoms with Crippen molar-refractivity contribution < 1.29 is 17.9 Å². The molecule has 0 fully saturated rings. The van der Waals surface area contributed by atoms with Gasteiger partial charge in [0, 0.05) is 11.5 Å². The van der Waals surface area contributed by atoms with Crippen molar-refractivity contribution >= 4 is 43.2 Å². The van der Waals surface area contributed by atoms with Crippen LogP contribution in [-0.2, 0) is 14.8 Å². The van der Waals surface area contributed by atoms with Gasteiger partial charge in [-0.25, -0.2) is 8.42 Å². The van der Waals surface area contributed by atoms with Crippen LogP contribution in [0.5, 0.6) is 5.75 Å². The summed E-state index contributed by atoms with van der Waals surface area (Å²) in [7, 11) is -2.27. The van der Waals surface area contributed by atoms with E-state index in [-0.39, 0.29) is 17.4 Å². The summed E-state index contributed by atoms with van der Waals surface area (Å²) in [6, 6.07) is 11.3. The lowest BCUT2D eigenvalue weighted by molar-refractivity contribution is -0.118. The molecule has 0 spiro atoms. The van der Waals surface area contributed by atoms with Crippen LogP contribution in [0.3, 0.4) is 0 Å². The van der Waals surface area contributed by atoms with Crippen molar-refractivity contribution in [2.75, 3.05) is 23.3 Å². The minimum absolute atomic E-state index is 0.0715. The summed E-state index contributed by atoms with van der Waals surface area (Å²) in [5.41, 5.74) is 0.887. The second-order valence-electron chi connectivity index (χ2n) is 4.94. The Morgan fingerprint density at radius 2 is 1.87 bits per heavy atom. The number of halogens is 1. The maximum absolute atomic E-state index is 12.7. The number of nitrogens with one attached hydrogen (secondary N) is 1. The Balaban J connectivity index is 1.98. The fourth-order valence-electron chi connectivity index (χ4n) is 2.17. The second-order valence-corrected chi connectivity index (χ2v) is 7.83. The Bertz CT molecular complexity index is 866. The molecule has 0 aromatic heterocycles. The van der Waals surface area contributed by atoms with Crippen molar-refractivity contribution in [2.24, 2.45) is 0 Å². The van der Waals surface area contributed by atoms with Gasteiger partial charge in [-0.05, 0) is 42.5 Å². The smallest absolute Gasteiger partial charge is 0.264 e. The van der Waals surface area contributed by atoms with Crippen LogP contribution >= 0.6 is 15.9 Å². The van der Waals surface area contributed by atoms with Crippen molar-refractivity contribution in [3.8, 4) is 5.75 Å². The highest BCUT2D eigenvalue weighted by Gasteiger charge is 2.24. The molecule has 0 bridgehead atoms. The Morgan fingerprint density at radius 3 is 2.57 bits per heavy atom. The van der Waals surface area contributed by atoms with Gasteiger partial charge in [0.05, 0.1) is 16.3 Å². The van der Waals surface area contributed by atoms with Crippen LogP contribution in [0.4, 0.5) is 11.4 Å². The van der Waals surface area contributed by atoms with Gasteiger partial charge in [-0.3, -0.25) is 9.10 Å². The molecule has 0 aliphatic carbocycles. The summed E-state index contributed by atoms with van der Waals surface area (Å²) in [6.07, 6.45) is 0. The highest BCUT2D eigenvalue weighted by molar-refractivity contribution is 9.10. The maximum atomic E-state index is 12.7. The first-order valence-corrected chi connectivity index (χ1v) is 8.92. The standard InChI is InChI=1S/C15H13BrN2O4S/c1-18(11-4-2-10(16)3-5-11)23(20,21)12-6-7-14-13(8-12)17-15(19)9-22-14/h2-8H,9H2,1H3,(H,17,19). The quantitative estimate of drug-likeness (QED) is 0.864. The lowest BCUT2D eigenvalue weighted by Crippen LogP contribution is -2.28. The Morgan fingerprint density at radius 1 is 1.17 bits per heavy atom. The summed E-state index contributed by atoms with van der Waals surface area (Å²) in [4.78, 5) is 11.4. The highest BCUT2D eigenvalue weighted by atomic mass is 79.9. The topological polar surface area (TPSA) is 75.7 Å². The van der Waals surface area contributed by atoms with Gasteiger partial charge >= 0.3 is 0 Å². The average molecular weight is 397 g/mol. The van der Waals surface area contributed by atoms with E-state index in [1.54, 1.807) is 24.3 Å². The number of amides is 1. The molecule has 1 N–H and O–H groups in total. The van der Waals surface area contributed by atoms with Gasteiger partial charge in [-0.2, -0.15) is 0 Å². The van der Waals surface area contributed by atoms with E-state index < -0.39 is 10.0 Å². The molecule has 2 aromatic rings. The second kappa shape index (κ2) is 5.86. The number of nitrogens with zero attached hydrogens (tertiary/aromatic N) is 1. The average Bonchev–Trinajstić information content (AvgIpc) is 2.54. The summed E-state index contributed by atoms with van der Waals surface area (Å²) in [6.45, 7) is -0.0715. The molecule has 1 amide bonds. The van der Waals surface area contributed by atoms with Crippen molar-refractivity contribution in [3.05, 3.63) is 46.9 Å². The van der Waals surface area contributed by atoms with Gasteiger partial charge < -0.3 is 10.1 Å². The molecule has 1 aliphatic rings. The lowest BCUT2D eigenvalue weighted by atomic mass is 10.2. The molecule has 0 radical (unpaired) electrons. The summed E-state index contributed by atoms with van der Waals surface area (Å²) in [5.74, 6) is 0.142. The molecular weight excluding hydrogens is 384 g/mol. The van der Waals surface area contributed by atoms with Crippen LogP contribution in [-0.4, -0.2) is 28.0 Å². The number of hydrogen-bond donors (Lipinski definition) is 1. The van der Waals surface area contributed by atoms with Gasteiger partial charge in [-0.15, -0.1) is 0 Å². The number of rotatable bonds is 3. The van der Waals surface area contributed by atoms with Crippen molar-refractivity contribution in [1.82, 2.24) is 0 Å². The molecule has 3 rings (SSSR count). The van der Waals surface area contributed by atoms with Crippen LogP contribution < -0.4 is 14.4 Å². The van der Waals surface area contributed by atoms with E-state index in [1.807, 2.05) is 0 Å². The normalized spacial score (nSPS) is 13.7. The van der Waals surface area contributed by atoms with Crippen LogP contribution in [0.1, 0.15) is 0 Å². The van der Waals surface area contributed by atoms with Gasteiger partial charge in [0.2, 0.25) is 0 Å². The zero-order valence-electron chi connectivity index (χ0n) is 12.1. The Kier molecular flexibility index (Phi) is 4.03. The maximum Gasteiger partial charge on any atom is 0.264 e. The first-order valence-electron chi connectivity index (χ1n) is 6.69. The summed E-state index contributed by atoms with van der Waals surface area (Å²) in [5, 5.41) is 2.61. The number of fused-ring (bicyclic) bond motifs is 1. The summed E-state index contributed by atoms with van der Waals surface area (Å²) < 4.78 is 32.8. The van der Waals surface area contributed by atoms with Crippen LogP contribution in [0.25, 0.3) is 0 Å². The fourth-order valence-corrected chi connectivity index (χ4v) is 3.66. The Hall–Kier alpha value is -2.06. The third kappa shape index (κ3) is 3.04. The van der Waals surface area contributed by atoms with Crippen molar-refractivity contribution in [1.29, 1.82) is 0 Å². The van der Waals surface area contributed by atoms with Gasteiger partial charge in [0.1, 0.15) is 5.75 Å². The molecule has 0 saturated carbocycles. The van der Waals surface area contributed by atoms with Crippen LogP contribution in [0.2, 0.25) is 0 Å². The summed E-state index contributed by atoms with van der Waals surface area (Å²) >= 11 is 3.31. The molecule has 0 atom stereocenters. The molecule has 2 aromatic carbocycles. The predicted molar refractivity (Wildman–Crippen MR) is 90.3 cm³/mol. The molecule has 1 heterocycles. The minimum Gasteiger partial charge on any atom is -0.482 e. The minimum atomic E-state index is -3.74. The van der Waals surface area contributed by atoms with E-state index in [9.17, 15) is 13.2 Å². The SMILES string of the molecule is CN(c1ccc(Br)cc1)S(=O)(=O)c1ccc2c(c1)NC(=O)CO2. The molecule has 1 aliphatic heterocycles. The predicted octanol–water partition coefficient (Wildman–Crippen LogP) is 2.61. The molecule has 8 heteroatoms. The number of hydrogen-bond acceptors (Lipinski definition) is 4. The molecule has 23 heavy (non-hydrogen) atoms. The Labute approximate surface area is 142 Å². The van der Waals surface area contributed by atoms with E-state index in [4.69, 9.17) is 4.74 Å². The number of benzene rings is 2. The molecule has 6 nitrogen and oxygen atoms in total. The van der Waals surface area contributed by atoms with Gasteiger partial charge in [-0.1, -0.05) is 15.9 Å². The third-order valence-electron chi connectivity index (χ3n) is 3.43. The molecule has 120 valence electrons. The molecule has 0 saturated heterocycles. The third-order valence-corrected chi connectivity index (χ3v) is 5.74. The largest absolute Gasteiger partial charge is 0.482 e. The number of ether oxygens (including phenoxy) is 1. The zero-order chi connectivity index (χ0) is 16.6. The first kappa shape index (κ1) is 15.8. The monoisotopic (exact) mass is 396 g/mol. The van der Waals surface area contributed by atoms with E-state index in [1.165, 1.54) is 29.6 Å². The van der Waals surface area contributed by atoms with Crippen LogP contribution in [0.15, 0.2) is 51.8 Å². The molecule has 0 unspecified atom stereocenters. The lowest BCUT2D eigenvalue weighted by Gasteiger charge is -2.22. The number of anilines is 2. The van der Waals surface area contributed by atoms with E-state index in [0.717, 1.165) is 4.47 Å². The van der Waals surface area contributed by atoms with E-state index in [0.29, 0.717) is 17.1 Å². The van der Waals surface area contributed by atoms with Gasteiger partial charge in [0.15, 0.2) is 6.61 Å². The molecular formula is C15H13BrN2O4S. The zero-order valence-corrected chi connectivity index (χ0v) is 14.5. The van der Waals surface area contributed by atoms with E-state index >= 15 is 0 Å². The fraction of sp³-hybridized carbons (Fsp3) is 0.133. The first-order chi connectivity index (χ1) is 10.9.